The van der Waals surface area contributed by atoms with Crippen molar-refractivity contribution in [1.82, 2.24) is 0 Å². The van der Waals surface area contributed by atoms with E-state index in [4.69, 9.17) is 10.5 Å². The molecule has 0 aliphatic carbocycles. The molecule has 0 aromatic heterocycles. The summed E-state index contributed by atoms with van der Waals surface area (Å²) in [4.78, 5) is 0. The van der Waals surface area contributed by atoms with Gasteiger partial charge < -0.3 is 10.5 Å². The van der Waals surface area contributed by atoms with Crippen LogP contribution in [0.1, 0.15) is 34.1 Å². The molecule has 0 aromatic rings. The molecule has 0 aromatic carbocycles. The molecule has 0 saturated heterocycles. The van der Waals surface area contributed by atoms with Crippen molar-refractivity contribution in [3.63, 3.8) is 0 Å². The molecule has 0 radical (unpaired) electrons. The van der Waals surface area contributed by atoms with Gasteiger partial charge in [0.05, 0.1) is 0 Å². The van der Waals surface area contributed by atoms with Crippen LogP contribution < -0.4 is 5.73 Å². The molecule has 0 saturated carbocycles. The summed E-state index contributed by atoms with van der Waals surface area (Å²) in [6, 6.07) is 0. The summed E-state index contributed by atoms with van der Waals surface area (Å²) in [5, 5.41) is 0. The number of ether oxygens (including phenoxy) is 1. The molecule has 0 fully saturated rings. The SMILES string of the molecule is BC(C)(C)OCCC(C)(C)N. The van der Waals surface area contributed by atoms with Gasteiger partial charge in [-0.05, 0) is 34.1 Å². The van der Waals surface area contributed by atoms with Gasteiger partial charge in [-0.3, -0.25) is 0 Å². The van der Waals surface area contributed by atoms with Gasteiger partial charge in [-0.25, -0.2) is 0 Å². The van der Waals surface area contributed by atoms with Crippen LogP contribution in [0.2, 0.25) is 0 Å². The summed E-state index contributed by atoms with van der Waals surface area (Å²) in [5.41, 5.74) is 5.64. The maximum absolute atomic E-state index is 5.78. The third-order valence-corrected chi connectivity index (χ3v) is 1.28. The molecule has 0 bridgehead atoms. The van der Waals surface area contributed by atoms with E-state index in [2.05, 4.69) is 21.7 Å². The average Bonchev–Trinajstić information content (AvgIpc) is 1.55. The monoisotopic (exact) mass is 157 g/mol. The summed E-state index contributed by atoms with van der Waals surface area (Å²) < 4.78 is 5.53. The fourth-order valence-electron chi connectivity index (χ4n) is 0.620. The maximum atomic E-state index is 5.78. The predicted octanol–water partition coefficient (Wildman–Crippen LogP) is 0.500. The van der Waals surface area contributed by atoms with Crippen molar-refractivity contribution in [1.29, 1.82) is 0 Å². The van der Waals surface area contributed by atoms with Crippen molar-refractivity contribution >= 4 is 7.85 Å². The van der Waals surface area contributed by atoms with Crippen LogP contribution in [0.5, 0.6) is 0 Å². The topological polar surface area (TPSA) is 35.2 Å². The van der Waals surface area contributed by atoms with Gasteiger partial charge in [-0.1, -0.05) is 0 Å². The van der Waals surface area contributed by atoms with E-state index in [0.29, 0.717) is 0 Å². The van der Waals surface area contributed by atoms with Crippen LogP contribution in [0, 0.1) is 0 Å². The largest absolute Gasteiger partial charge is 0.385 e. The molecule has 0 amide bonds. The van der Waals surface area contributed by atoms with E-state index in [0.717, 1.165) is 13.0 Å². The standard InChI is InChI=1S/C8H20BNO/c1-7(2,10)5-6-11-8(3,4)9/h5-6,9-10H2,1-4H3. The van der Waals surface area contributed by atoms with E-state index in [1.807, 2.05) is 13.8 Å². The Hall–Kier alpha value is -0.0151. The quantitative estimate of drug-likeness (QED) is 0.603. The highest BCUT2D eigenvalue weighted by atomic mass is 16.5. The van der Waals surface area contributed by atoms with Crippen LogP contribution in [0.25, 0.3) is 0 Å². The highest BCUT2D eigenvalue weighted by molar-refractivity contribution is 6.13. The lowest BCUT2D eigenvalue weighted by Gasteiger charge is -2.24. The number of hydrogen-bond acceptors (Lipinski definition) is 2. The minimum atomic E-state index is -0.106. The van der Waals surface area contributed by atoms with Crippen molar-refractivity contribution in [2.24, 2.45) is 5.73 Å². The second kappa shape index (κ2) is 3.59. The van der Waals surface area contributed by atoms with E-state index < -0.39 is 0 Å². The van der Waals surface area contributed by atoms with E-state index in [1.165, 1.54) is 0 Å². The minimum Gasteiger partial charge on any atom is -0.385 e. The first kappa shape index (κ1) is 11.0. The van der Waals surface area contributed by atoms with Crippen molar-refractivity contribution in [3.8, 4) is 0 Å². The number of nitrogens with two attached hydrogens (primary N) is 1. The number of rotatable bonds is 4. The van der Waals surface area contributed by atoms with E-state index >= 15 is 0 Å². The Morgan fingerprint density at radius 2 is 1.73 bits per heavy atom. The van der Waals surface area contributed by atoms with Crippen LogP contribution in [-0.2, 0) is 4.74 Å². The lowest BCUT2D eigenvalue weighted by atomic mass is 9.86. The van der Waals surface area contributed by atoms with Gasteiger partial charge in [0.25, 0.3) is 0 Å². The fourth-order valence-corrected chi connectivity index (χ4v) is 0.620. The smallest absolute Gasteiger partial charge is 0.142 e. The first-order valence-corrected chi connectivity index (χ1v) is 4.14. The number of hydrogen-bond donors (Lipinski definition) is 1. The molecule has 3 heteroatoms. The predicted molar refractivity (Wildman–Crippen MR) is 51.5 cm³/mol. The normalized spacial score (nSPS) is 13.5. The Balaban J connectivity index is 3.44. The molecular weight excluding hydrogens is 137 g/mol. The van der Waals surface area contributed by atoms with Gasteiger partial charge in [-0.2, -0.15) is 0 Å². The summed E-state index contributed by atoms with van der Waals surface area (Å²) in [7, 11) is 2.05. The minimum absolute atomic E-state index is 0.0365. The van der Waals surface area contributed by atoms with Gasteiger partial charge in [0.1, 0.15) is 7.85 Å². The summed E-state index contributed by atoms with van der Waals surface area (Å²) in [5.74, 6) is 0. The molecular formula is C8H20BNO. The van der Waals surface area contributed by atoms with Crippen molar-refractivity contribution in [2.45, 2.75) is 45.2 Å². The van der Waals surface area contributed by atoms with Crippen molar-refractivity contribution in [2.75, 3.05) is 6.61 Å². The molecule has 2 nitrogen and oxygen atoms in total. The van der Waals surface area contributed by atoms with Crippen LogP contribution in [0.15, 0.2) is 0 Å². The van der Waals surface area contributed by atoms with Gasteiger partial charge >= 0.3 is 0 Å². The molecule has 0 spiro atoms. The Kier molecular flexibility index (Phi) is 3.58. The Labute approximate surface area is 70.9 Å². The molecule has 66 valence electrons. The molecule has 11 heavy (non-hydrogen) atoms. The highest BCUT2D eigenvalue weighted by Crippen LogP contribution is 2.08. The molecule has 0 aliphatic heterocycles. The zero-order valence-corrected chi connectivity index (χ0v) is 8.40. The second-order valence-corrected chi connectivity index (χ2v) is 4.70. The van der Waals surface area contributed by atoms with Crippen molar-refractivity contribution in [3.05, 3.63) is 0 Å². The Morgan fingerprint density at radius 3 is 2.00 bits per heavy atom. The molecule has 0 unspecified atom stereocenters. The third-order valence-electron chi connectivity index (χ3n) is 1.28. The van der Waals surface area contributed by atoms with E-state index in [9.17, 15) is 0 Å². The summed E-state index contributed by atoms with van der Waals surface area (Å²) >= 11 is 0. The second-order valence-electron chi connectivity index (χ2n) is 4.70. The maximum Gasteiger partial charge on any atom is 0.142 e. The average molecular weight is 157 g/mol. The molecule has 0 aliphatic rings. The van der Waals surface area contributed by atoms with Crippen LogP contribution >= 0.6 is 0 Å². The summed E-state index contributed by atoms with van der Waals surface area (Å²) in [6.45, 7) is 8.87. The zero-order chi connectivity index (χ0) is 9.12. The first-order chi connectivity index (χ1) is 4.71. The lowest BCUT2D eigenvalue weighted by Crippen LogP contribution is -2.35. The van der Waals surface area contributed by atoms with Crippen LogP contribution in [-0.4, -0.2) is 25.5 Å². The molecule has 0 rings (SSSR count). The first-order valence-electron chi connectivity index (χ1n) is 4.14. The lowest BCUT2D eigenvalue weighted by molar-refractivity contribution is 0.0368. The zero-order valence-electron chi connectivity index (χ0n) is 8.40. The van der Waals surface area contributed by atoms with Crippen molar-refractivity contribution < 1.29 is 4.74 Å². The highest BCUT2D eigenvalue weighted by Gasteiger charge is 2.14. The summed E-state index contributed by atoms with van der Waals surface area (Å²) in [6.07, 6.45) is 0.907. The van der Waals surface area contributed by atoms with Crippen LogP contribution in [0.3, 0.4) is 0 Å². The van der Waals surface area contributed by atoms with E-state index in [1.54, 1.807) is 0 Å². The Morgan fingerprint density at radius 1 is 1.27 bits per heavy atom. The third kappa shape index (κ3) is 9.98. The molecule has 2 N–H and O–H groups in total. The van der Waals surface area contributed by atoms with Gasteiger partial charge in [0, 0.05) is 17.6 Å². The van der Waals surface area contributed by atoms with Gasteiger partial charge in [0.15, 0.2) is 0 Å². The van der Waals surface area contributed by atoms with Gasteiger partial charge in [0.2, 0.25) is 0 Å². The fraction of sp³-hybridized carbons (Fsp3) is 1.00. The van der Waals surface area contributed by atoms with E-state index in [-0.39, 0.29) is 11.0 Å². The van der Waals surface area contributed by atoms with Gasteiger partial charge in [-0.15, -0.1) is 0 Å². The molecule has 0 heterocycles. The molecule has 0 atom stereocenters. The van der Waals surface area contributed by atoms with Crippen LogP contribution in [0.4, 0.5) is 0 Å². The Bertz CT molecular complexity index is 98.2.